The Balaban J connectivity index is 2.04. The largest absolute Gasteiger partial charge is 0.382 e. The molecule has 0 bridgehead atoms. The van der Waals surface area contributed by atoms with Crippen LogP contribution in [0.5, 0.6) is 0 Å². The highest BCUT2D eigenvalue weighted by Crippen LogP contribution is 2.29. The third-order valence-electron chi connectivity index (χ3n) is 3.02. The van der Waals surface area contributed by atoms with Crippen molar-refractivity contribution in [3.05, 3.63) is 23.2 Å². The van der Waals surface area contributed by atoms with Crippen LogP contribution in [0.4, 0.5) is 11.4 Å². The standard InChI is InChI=1S/C13H19ClN2S/c1-16(2)13-4-3-11(9-12(13)14)15-10-5-7-17-8-6-10/h3-4,9-10,15H,5-8H2,1-2H3. The number of nitrogens with zero attached hydrogens (tertiary/aromatic N) is 1. The molecule has 17 heavy (non-hydrogen) atoms. The van der Waals surface area contributed by atoms with Crippen LogP contribution >= 0.6 is 23.4 Å². The van der Waals surface area contributed by atoms with Crippen molar-refractivity contribution in [1.29, 1.82) is 0 Å². The van der Waals surface area contributed by atoms with Gasteiger partial charge in [0.05, 0.1) is 10.7 Å². The van der Waals surface area contributed by atoms with E-state index in [-0.39, 0.29) is 0 Å². The zero-order chi connectivity index (χ0) is 12.3. The Kier molecular flexibility index (Phi) is 4.46. The molecule has 1 aromatic rings. The molecule has 0 aromatic heterocycles. The van der Waals surface area contributed by atoms with Crippen LogP contribution in [0.2, 0.25) is 5.02 Å². The number of rotatable bonds is 3. The van der Waals surface area contributed by atoms with Gasteiger partial charge in [0.25, 0.3) is 0 Å². The van der Waals surface area contributed by atoms with Gasteiger partial charge in [0, 0.05) is 25.8 Å². The summed E-state index contributed by atoms with van der Waals surface area (Å²) in [5.74, 6) is 2.53. The van der Waals surface area contributed by atoms with E-state index < -0.39 is 0 Å². The van der Waals surface area contributed by atoms with Crippen LogP contribution in [0.15, 0.2) is 18.2 Å². The first-order chi connectivity index (χ1) is 8.16. The summed E-state index contributed by atoms with van der Waals surface area (Å²) in [5, 5.41) is 4.38. The molecule has 1 aliphatic rings. The third-order valence-corrected chi connectivity index (χ3v) is 4.37. The Hall–Kier alpha value is -0.540. The molecule has 2 nitrogen and oxygen atoms in total. The maximum Gasteiger partial charge on any atom is 0.0659 e. The molecule has 2 rings (SSSR count). The molecule has 1 N–H and O–H groups in total. The fraction of sp³-hybridized carbons (Fsp3) is 0.538. The van der Waals surface area contributed by atoms with Crippen LogP contribution < -0.4 is 10.2 Å². The minimum atomic E-state index is 0.609. The molecule has 4 heteroatoms. The maximum absolute atomic E-state index is 6.26. The lowest BCUT2D eigenvalue weighted by molar-refractivity contribution is 0.667. The topological polar surface area (TPSA) is 15.3 Å². The molecule has 1 aliphatic heterocycles. The first-order valence-electron chi connectivity index (χ1n) is 5.98. The van der Waals surface area contributed by atoms with Crippen molar-refractivity contribution < 1.29 is 0 Å². The average molecular weight is 271 g/mol. The zero-order valence-corrected chi connectivity index (χ0v) is 11.9. The minimum Gasteiger partial charge on any atom is -0.382 e. The van der Waals surface area contributed by atoms with E-state index in [0.29, 0.717) is 6.04 Å². The highest BCUT2D eigenvalue weighted by molar-refractivity contribution is 7.99. The monoisotopic (exact) mass is 270 g/mol. The smallest absolute Gasteiger partial charge is 0.0659 e. The Morgan fingerprint density at radius 1 is 1.29 bits per heavy atom. The van der Waals surface area contributed by atoms with Gasteiger partial charge < -0.3 is 10.2 Å². The summed E-state index contributed by atoms with van der Waals surface area (Å²) < 4.78 is 0. The number of hydrogen-bond acceptors (Lipinski definition) is 3. The van der Waals surface area contributed by atoms with Gasteiger partial charge in [0.1, 0.15) is 0 Å². The Morgan fingerprint density at radius 2 is 2.00 bits per heavy atom. The van der Waals surface area contributed by atoms with Crippen molar-refractivity contribution in [2.24, 2.45) is 0 Å². The van der Waals surface area contributed by atoms with Gasteiger partial charge in [-0.3, -0.25) is 0 Å². The fourth-order valence-corrected chi connectivity index (χ4v) is 3.49. The predicted octanol–water partition coefficient (Wildman–Crippen LogP) is 3.71. The van der Waals surface area contributed by atoms with E-state index in [9.17, 15) is 0 Å². The van der Waals surface area contributed by atoms with E-state index in [0.717, 1.165) is 16.4 Å². The zero-order valence-electron chi connectivity index (χ0n) is 10.4. The van der Waals surface area contributed by atoms with Crippen molar-refractivity contribution in [3.63, 3.8) is 0 Å². The summed E-state index contributed by atoms with van der Waals surface area (Å²) in [4.78, 5) is 2.03. The molecule has 1 fully saturated rings. The highest BCUT2D eigenvalue weighted by Gasteiger charge is 2.13. The van der Waals surface area contributed by atoms with Gasteiger partial charge in [-0.15, -0.1) is 0 Å². The fourth-order valence-electron chi connectivity index (χ4n) is 2.04. The van der Waals surface area contributed by atoms with Crippen molar-refractivity contribution in [2.75, 3.05) is 35.8 Å². The van der Waals surface area contributed by atoms with Gasteiger partial charge in [-0.2, -0.15) is 11.8 Å². The second-order valence-corrected chi connectivity index (χ2v) is 6.22. The van der Waals surface area contributed by atoms with E-state index in [1.54, 1.807) is 0 Å². The number of benzene rings is 1. The van der Waals surface area contributed by atoms with Gasteiger partial charge in [0.15, 0.2) is 0 Å². The molecular formula is C13H19ClN2S. The van der Waals surface area contributed by atoms with Crippen LogP contribution in [0.3, 0.4) is 0 Å². The molecule has 0 amide bonds. The lowest BCUT2D eigenvalue weighted by Gasteiger charge is -2.24. The molecule has 1 saturated heterocycles. The van der Waals surface area contributed by atoms with Gasteiger partial charge in [0.2, 0.25) is 0 Å². The summed E-state index contributed by atoms with van der Waals surface area (Å²) in [6, 6.07) is 6.82. The van der Waals surface area contributed by atoms with Crippen LogP contribution in [0, 0.1) is 0 Å². The summed E-state index contributed by atoms with van der Waals surface area (Å²) >= 11 is 8.30. The van der Waals surface area contributed by atoms with E-state index >= 15 is 0 Å². The highest BCUT2D eigenvalue weighted by atomic mass is 35.5. The first-order valence-corrected chi connectivity index (χ1v) is 7.51. The van der Waals surface area contributed by atoms with Crippen LogP contribution in [0.1, 0.15) is 12.8 Å². The van der Waals surface area contributed by atoms with Crippen molar-refractivity contribution >= 4 is 34.7 Å². The van der Waals surface area contributed by atoms with Gasteiger partial charge in [-0.1, -0.05) is 11.6 Å². The molecule has 0 saturated carbocycles. The molecule has 1 heterocycles. The van der Waals surface area contributed by atoms with Crippen LogP contribution in [-0.2, 0) is 0 Å². The number of nitrogens with one attached hydrogen (secondary N) is 1. The summed E-state index contributed by atoms with van der Waals surface area (Å²) in [5.41, 5.74) is 2.20. The van der Waals surface area contributed by atoms with Crippen molar-refractivity contribution in [2.45, 2.75) is 18.9 Å². The quantitative estimate of drug-likeness (QED) is 0.901. The normalized spacial score (nSPS) is 16.9. The molecule has 0 aliphatic carbocycles. The van der Waals surface area contributed by atoms with Gasteiger partial charge in [-0.05, 0) is 42.5 Å². The Morgan fingerprint density at radius 3 is 2.59 bits per heavy atom. The second-order valence-electron chi connectivity index (χ2n) is 4.59. The van der Waals surface area contributed by atoms with Crippen molar-refractivity contribution in [1.82, 2.24) is 0 Å². The molecule has 94 valence electrons. The third kappa shape index (κ3) is 3.46. The molecule has 1 aromatic carbocycles. The van der Waals surface area contributed by atoms with E-state index in [1.807, 2.05) is 36.8 Å². The van der Waals surface area contributed by atoms with E-state index in [4.69, 9.17) is 11.6 Å². The number of halogens is 1. The molecule has 0 spiro atoms. The Bertz CT molecular complexity index is 376. The van der Waals surface area contributed by atoms with Gasteiger partial charge in [-0.25, -0.2) is 0 Å². The average Bonchev–Trinajstić information content (AvgIpc) is 2.30. The number of anilines is 2. The summed E-state index contributed by atoms with van der Waals surface area (Å²) in [6.07, 6.45) is 2.50. The van der Waals surface area contributed by atoms with E-state index in [2.05, 4.69) is 17.4 Å². The molecule has 0 atom stereocenters. The van der Waals surface area contributed by atoms with Crippen molar-refractivity contribution in [3.8, 4) is 0 Å². The number of thioether (sulfide) groups is 1. The summed E-state index contributed by atoms with van der Waals surface area (Å²) in [7, 11) is 4.01. The number of hydrogen-bond donors (Lipinski definition) is 1. The van der Waals surface area contributed by atoms with Crippen LogP contribution in [0.25, 0.3) is 0 Å². The lowest BCUT2D eigenvalue weighted by atomic mass is 10.1. The van der Waals surface area contributed by atoms with E-state index in [1.165, 1.54) is 24.3 Å². The van der Waals surface area contributed by atoms with Crippen LogP contribution in [-0.4, -0.2) is 31.6 Å². The Labute approximate surface area is 113 Å². The lowest BCUT2D eigenvalue weighted by Crippen LogP contribution is -2.24. The minimum absolute atomic E-state index is 0.609. The van der Waals surface area contributed by atoms with Gasteiger partial charge >= 0.3 is 0 Å². The summed E-state index contributed by atoms with van der Waals surface area (Å²) in [6.45, 7) is 0. The molecule has 0 radical (unpaired) electrons. The molecule has 0 unspecified atom stereocenters. The molecular weight excluding hydrogens is 252 g/mol. The maximum atomic E-state index is 6.26. The predicted molar refractivity (Wildman–Crippen MR) is 79.7 cm³/mol. The second kappa shape index (κ2) is 5.87. The SMILES string of the molecule is CN(C)c1ccc(NC2CCSCC2)cc1Cl. The first kappa shape index (κ1) is 12.9.